The lowest BCUT2D eigenvalue weighted by atomic mass is 9.97. The molecule has 0 saturated heterocycles. The first-order valence-corrected chi connectivity index (χ1v) is 8.71. The van der Waals surface area contributed by atoms with Gasteiger partial charge in [-0.3, -0.25) is 4.79 Å². The van der Waals surface area contributed by atoms with Gasteiger partial charge in [0.15, 0.2) is 10.1 Å². The van der Waals surface area contributed by atoms with Crippen molar-refractivity contribution in [1.82, 2.24) is 10.2 Å². The van der Waals surface area contributed by atoms with Gasteiger partial charge in [0.2, 0.25) is 5.13 Å². The summed E-state index contributed by atoms with van der Waals surface area (Å²) in [7, 11) is 1.80. The number of nitrogens with zero attached hydrogens (tertiary/aromatic N) is 2. The van der Waals surface area contributed by atoms with Crippen LogP contribution in [0.2, 0.25) is 0 Å². The lowest BCUT2D eigenvalue weighted by Crippen LogP contribution is -2.02. The first kappa shape index (κ1) is 16.0. The first-order valence-electron chi connectivity index (χ1n) is 6.91. The van der Waals surface area contributed by atoms with Crippen molar-refractivity contribution in [3.8, 4) is 0 Å². The quantitative estimate of drug-likeness (QED) is 0.615. The molecule has 0 spiro atoms. The molecule has 0 radical (unpaired) electrons. The van der Waals surface area contributed by atoms with E-state index in [0.717, 1.165) is 21.5 Å². The van der Waals surface area contributed by atoms with E-state index in [2.05, 4.69) is 41.5 Å². The van der Waals surface area contributed by atoms with Crippen molar-refractivity contribution in [2.75, 3.05) is 18.1 Å². The molecule has 0 saturated carbocycles. The third-order valence-corrected chi connectivity index (χ3v) is 5.44. The second-order valence-electron chi connectivity index (χ2n) is 4.77. The van der Waals surface area contributed by atoms with Crippen LogP contribution >= 0.6 is 23.1 Å². The van der Waals surface area contributed by atoms with Crippen molar-refractivity contribution < 1.29 is 4.79 Å². The molecular formula is C15H19N3OS2. The van der Waals surface area contributed by atoms with E-state index in [4.69, 9.17) is 0 Å². The minimum absolute atomic E-state index is 0.122. The lowest BCUT2D eigenvalue weighted by molar-refractivity contribution is 0.102. The van der Waals surface area contributed by atoms with Crippen LogP contribution in [0, 0.1) is 0 Å². The predicted octanol–water partition coefficient (Wildman–Crippen LogP) is 4.07. The molecule has 112 valence electrons. The number of ketones is 1. The normalized spacial score (nSPS) is 12.1. The van der Waals surface area contributed by atoms with E-state index in [1.807, 2.05) is 12.1 Å². The number of hydrogen-bond donors (Lipinski definition) is 1. The van der Waals surface area contributed by atoms with Gasteiger partial charge < -0.3 is 5.32 Å². The Kier molecular flexibility index (Phi) is 5.76. The first-order chi connectivity index (χ1) is 10.1. The topological polar surface area (TPSA) is 54.9 Å². The summed E-state index contributed by atoms with van der Waals surface area (Å²) in [5, 5.41) is 11.7. The Morgan fingerprint density at radius 1 is 1.33 bits per heavy atom. The Morgan fingerprint density at radius 3 is 2.62 bits per heavy atom. The third kappa shape index (κ3) is 4.28. The highest BCUT2D eigenvalue weighted by Gasteiger charge is 2.10. The maximum Gasteiger partial charge on any atom is 0.206 e. The van der Waals surface area contributed by atoms with Crippen LogP contribution in [0.1, 0.15) is 42.1 Å². The zero-order valence-electron chi connectivity index (χ0n) is 12.4. The van der Waals surface area contributed by atoms with Gasteiger partial charge in [0.1, 0.15) is 0 Å². The van der Waals surface area contributed by atoms with E-state index >= 15 is 0 Å². The van der Waals surface area contributed by atoms with Crippen molar-refractivity contribution in [1.29, 1.82) is 0 Å². The molecule has 0 aliphatic heterocycles. The van der Waals surface area contributed by atoms with Gasteiger partial charge in [0, 0.05) is 12.6 Å². The van der Waals surface area contributed by atoms with Gasteiger partial charge in [-0.2, -0.15) is 0 Å². The van der Waals surface area contributed by atoms with Crippen molar-refractivity contribution in [2.45, 2.75) is 30.5 Å². The minimum atomic E-state index is 0.122. The molecule has 1 aromatic carbocycles. The molecule has 21 heavy (non-hydrogen) atoms. The summed E-state index contributed by atoms with van der Waals surface area (Å²) in [5.74, 6) is 1.04. The standard InChI is InChI=1S/C15H19N3OS2/c1-4-10(2)11-5-7-12(8-6-11)13(19)9-20-15-18-17-14(16-3)21-15/h5-8,10H,4,9H2,1-3H3,(H,16,17)/t10-/m0/s1. The molecule has 1 atom stereocenters. The van der Waals surface area contributed by atoms with Crippen molar-refractivity contribution in [3.05, 3.63) is 35.4 Å². The smallest absolute Gasteiger partial charge is 0.206 e. The molecule has 0 unspecified atom stereocenters. The Morgan fingerprint density at radius 2 is 2.05 bits per heavy atom. The van der Waals surface area contributed by atoms with Crippen molar-refractivity contribution in [3.63, 3.8) is 0 Å². The maximum absolute atomic E-state index is 12.2. The average molecular weight is 321 g/mol. The molecule has 4 nitrogen and oxygen atoms in total. The number of aromatic nitrogens is 2. The van der Waals surface area contributed by atoms with Crippen molar-refractivity contribution in [2.24, 2.45) is 0 Å². The van der Waals surface area contributed by atoms with Crippen molar-refractivity contribution >= 4 is 34.0 Å². The van der Waals surface area contributed by atoms with Gasteiger partial charge in [-0.25, -0.2) is 0 Å². The largest absolute Gasteiger partial charge is 0.363 e. The molecule has 0 fully saturated rings. The fraction of sp³-hybridized carbons (Fsp3) is 0.400. The molecule has 0 bridgehead atoms. The molecule has 6 heteroatoms. The van der Waals surface area contributed by atoms with Gasteiger partial charge in [-0.05, 0) is 17.9 Å². The summed E-state index contributed by atoms with van der Waals surface area (Å²) in [5.41, 5.74) is 2.04. The highest BCUT2D eigenvalue weighted by atomic mass is 32.2. The van der Waals surface area contributed by atoms with Crippen LogP contribution < -0.4 is 5.32 Å². The number of nitrogens with one attached hydrogen (secondary N) is 1. The van der Waals surface area contributed by atoms with Gasteiger partial charge in [0.05, 0.1) is 5.75 Å². The molecule has 0 aliphatic carbocycles. The molecule has 0 aliphatic rings. The molecule has 1 N–H and O–H groups in total. The fourth-order valence-corrected chi connectivity index (χ4v) is 3.41. The summed E-state index contributed by atoms with van der Waals surface area (Å²) in [6.45, 7) is 4.36. The highest BCUT2D eigenvalue weighted by Crippen LogP contribution is 2.26. The number of benzene rings is 1. The van der Waals surface area contributed by atoms with Crippen LogP contribution in [0.3, 0.4) is 0 Å². The number of rotatable bonds is 7. The van der Waals surface area contributed by atoms with Crippen LogP contribution in [0.4, 0.5) is 5.13 Å². The number of Topliss-reactive ketones (excluding diaryl/α,β-unsaturated/α-hetero) is 1. The third-order valence-electron chi connectivity index (χ3n) is 3.36. The Labute approximate surface area is 133 Å². The van der Waals surface area contributed by atoms with E-state index in [0.29, 0.717) is 11.7 Å². The van der Waals surface area contributed by atoms with Crippen LogP contribution in [-0.4, -0.2) is 28.8 Å². The second kappa shape index (κ2) is 7.56. The van der Waals surface area contributed by atoms with E-state index in [1.165, 1.54) is 28.7 Å². The fourth-order valence-electron chi connectivity index (χ4n) is 1.81. The summed E-state index contributed by atoms with van der Waals surface area (Å²) in [6, 6.07) is 7.94. The zero-order valence-corrected chi connectivity index (χ0v) is 14.1. The molecule has 0 amide bonds. The Balaban J connectivity index is 1.93. The molecule has 1 aromatic heterocycles. The van der Waals surface area contributed by atoms with E-state index in [1.54, 1.807) is 7.05 Å². The molecule has 2 rings (SSSR count). The Hall–Kier alpha value is -1.40. The number of hydrogen-bond acceptors (Lipinski definition) is 6. The zero-order chi connectivity index (χ0) is 15.2. The van der Waals surface area contributed by atoms with Gasteiger partial charge in [-0.1, -0.05) is 61.2 Å². The van der Waals surface area contributed by atoms with Crippen LogP contribution in [0.5, 0.6) is 0 Å². The van der Waals surface area contributed by atoms with Gasteiger partial charge in [-0.15, -0.1) is 10.2 Å². The van der Waals surface area contributed by atoms with Crippen LogP contribution in [0.25, 0.3) is 0 Å². The summed E-state index contributed by atoms with van der Waals surface area (Å²) >= 11 is 2.89. The number of carbonyl (C=O) groups excluding carboxylic acids is 1. The predicted molar refractivity (Wildman–Crippen MR) is 89.7 cm³/mol. The molecular weight excluding hydrogens is 302 g/mol. The number of anilines is 1. The lowest BCUT2D eigenvalue weighted by Gasteiger charge is -2.09. The summed E-state index contributed by atoms with van der Waals surface area (Å²) < 4.78 is 0.809. The maximum atomic E-state index is 12.2. The SMILES string of the molecule is CC[C@H](C)c1ccc(C(=O)CSc2nnc(NC)s2)cc1. The number of carbonyl (C=O) groups is 1. The van der Waals surface area contributed by atoms with Crippen LogP contribution in [-0.2, 0) is 0 Å². The Bertz CT molecular complexity index is 595. The highest BCUT2D eigenvalue weighted by molar-refractivity contribution is 8.01. The molecule has 1 heterocycles. The van der Waals surface area contributed by atoms with E-state index < -0.39 is 0 Å². The number of thioether (sulfide) groups is 1. The van der Waals surface area contributed by atoms with E-state index in [-0.39, 0.29) is 5.78 Å². The van der Waals surface area contributed by atoms with Gasteiger partial charge >= 0.3 is 0 Å². The second-order valence-corrected chi connectivity index (χ2v) is 6.97. The minimum Gasteiger partial charge on any atom is -0.363 e. The van der Waals surface area contributed by atoms with Gasteiger partial charge in [0.25, 0.3) is 0 Å². The molecule has 2 aromatic rings. The monoisotopic (exact) mass is 321 g/mol. The van der Waals surface area contributed by atoms with E-state index in [9.17, 15) is 4.79 Å². The van der Waals surface area contributed by atoms with Crippen LogP contribution in [0.15, 0.2) is 28.6 Å². The summed E-state index contributed by atoms with van der Waals surface area (Å²) in [4.78, 5) is 12.2. The summed E-state index contributed by atoms with van der Waals surface area (Å²) in [6.07, 6.45) is 1.11. The average Bonchev–Trinajstić information content (AvgIpc) is 3.00.